The van der Waals surface area contributed by atoms with E-state index in [2.05, 4.69) is 79.4 Å². The molecule has 0 amide bonds. The van der Waals surface area contributed by atoms with Gasteiger partial charge in [0.2, 0.25) is 0 Å². The summed E-state index contributed by atoms with van der Waals surface area (Å²) in [4.78, 5) is 10.2. The minimum absolute atomic E-state index is 0.0920. The average Bonchev–Trinajstić information content (AvgIpc) is 3.30. The van der Waals surface area contributed by atoms with Crippen LogP contribution >= 0.6 is 0 Å². The van der Waals surface area contributed by atoms with Gasteiger partial charge in [0, 0.05) is 12.8 Å². The Morgan fingerprint density at radius 3 is 1.40 bits per heavy atom. The number of carbonyl (C=O) groups is 1. The highest BCUT2D eigenvalue weighted by atomic mass is 16.5. The van der Waals surface area contributed by atoms with Crippen LogP contribution in [-0.2, 0) is 15.1 Å². The van der Waals surface area contributed by atoms with Gasteiger partial charge in [0.05, 0.1) is 6.10 Å². The number of rotatable bonds is 6. The van der Waals surface area contributed by atoms with Crippen LogP contribution in [0, 0.1) is 0 Å². The Hall–Kier alpha value is -3.23. The lowest BCUT2D eigenvalue weighted by molar-refractivity contribution is -0.116. The zero-order valence-electron chi connectivity index (χ0n) is 17.4. The topological polar surface area (TPSA) is 26.3 Å². The van der Waals surface area contributed by atoms with Crippen molar-refractivity contribution in [2.45, 2.75) is 31.5 Å². The molecule has 152 valence electrons. The number of carbonyl (C=O) groups excluding carboxylic acids is 1. The summed E-state index contributed by atoms with van der Waals surface area (Å²) in [6.07, 6.45) is 6.89. The number of benzene rings is 3. The van der Waals surface area contributed by atoms with Gasteiger partial charge in [0.25, 0.3) is 0 Å². The van der Waals surface area contributed by atoms with Crippen LogP contribution in [-0.4, -0.2) is 11.9 Å². The normalized spacial score (nSPS) is 14.0. The molecule has 2 nitrogen and oxygen atoms in total. The molecule has 1 unspecified atom stereocenters. The van der Waals surface area contributed by atoms with Gasteiger partial charge < -0.3 is 4.74 Å². The van der Waals surface area contributed by atoms with Crippen molar-refractivity contribution >= 4 is 5.78 Å². The van der Waals surface area contributed by atoms with Gasteiger partial charge >= 0.3 is 0 Å². The summed E-state index contributed by atoms with van der Waals surface area (Å²) in [7, 11) is 0. The maximum absolute atomic E-state index is 10.2. The minimum atomic E-state index is -0.669. The molecule has 0 aromatic heterocycles. The number of hydrogen-bond donors (Lipinski definition) is 0. The van der Waals surface area contributed by atoms with Crippen molar-refractivity contribution in [2.75, 3.05) is 0 Å². The molecule has 0 heterocycles. The first kappa shape index (κ1) is 21.5. The lowest BCUT2D eigenvalue weighted by Crippen LogP contribution is -2.35. The maximum Gasteiger partial charge on any atom is 0.144 e. The van der Waals surface area contributed by atoms with Crippen molar-refractivity contribution in [2.24, 2.45) is 0 Å². The number of Topliss-reactive ketones (excluding diaryl/α,β-unsaturated/α-hetero) is 1. The summed E-state index contributed by atoms with van der Waals surface area (Å²) in [6.45, 7) is 5.93. The number of ketones is 1. The van der Waals surface area contributed by atoms with E-state index >= 15 is 0 Å². The third kappa shape index (κ3) is 5.03. The lowest BCUT2D eigenvalue weighted by atomic mass is 9.80. The van der Waals surface area contributed by atoms with E-state index in [1.54, 1.807) is 0 Å². The van der Waals surface area contributed by atoms with E-state index in [4.69, 9.17) is 4.74 Å². The molecular weight excluding hydrogens is 368 g/mol. The van der Waals surface area contributed by atoms with Crippen molar-refractivity contribution in [3.8, 4) is 0 Å². The molecule has 3 aromatic rings. The van der Waals surface area contributed by atoms with Crippen molar-refractivity contribution in [3.05, 3.63) is 132 Å². The van der Waals surface area contributed by atoms with Gasteiger partial charge in [-0.15, -0.1) is 6.58 Å². The number of hydrogen-bond acceptors (Lipinski definition) is 2. The van der Waals surface area contributed by atoms with Crippen LogP contribution in [0.4, 0.5) is 0 Å². The number of ether oxygens (including phenoxy) is 1. The predicted molar refractivity (Wildman–Crippen MR) is 123 cm³/mol. The molecule has 0 saturated heterocycles. The second-order valence-corrected chi connectivity index (χ2v) is 7.26. The summed E-state index contributed by atoms with van der Waals surface area (Å²) >= 11 is 0. The van der Waals surface area contributed by atoms with Gasteiger partial charge in [-0.3, -0.25) is 4.79 Å². The smallest absolute Gasteiger partial charge is 0.144 e. The maximum atomic E-state index is 10.2. The van der Waals surface area contributed by atoms with E-state index in [1.165, 1.54) is 0 Å². The van der Waals surface area contributed by atoms with Crippen LogP contribution in [0.1, 0.15) is 36.5 Å². The minimum Gasteiger partial charge on any atom is -0.354 e. The first-order valence-corrected chi connectivity index (χ1v) is 10.3. The van der Waals surface area contributed by atoms with E-state index in [0.29, 0.717) is 18.6 Å². The molecule has 1 aliphatic rings. The Balaban J connectivity index is 0.000000367. The van der Waals surface area contributed by atoms with Crippen molar-refractivity contribution in [1.29, 1.82) is 0 Å². The van der Waals surface area contributed by atoms with Gasteiger partial charge in [-0.25, -0.2) is 0 Å². The second-order valence-electron chi connectivity index (χ2n) is 7.26. The fourth-order valence-electron chi connectivity index (χ4n) is 3.56. The molecule has 4 rings (SSSR count). The van der Waals surface area contributed by atoms with Crippen molar-refractivity contribution < 1.29 is 9.53 Å². The highest BCUT2D eigenvalue weighted by Crippen LogP contribution is 2.41. The fourth-order valence-corrected chi connectivity index (χ4v) is 3.56. The molecule has 3 aromatic carbocycles. The van der Waals surface area contributed by atoms with Crippen LogP contribution in [0.15, 0.2) is 116 Å². The molecule has 30 heavy (non-hydrogen) atoms. The summed E-state index contributed by atoms with van der Waals surface area (Å²) in [5.74, 6) is 0.343. The Kier molecular flexibility index (Phi) is 7.53. The third-order valence-electron chi connectivity index (χ3n) is 5.09. The summed E-state index contributed by atoms with van der Waals surface area (Å²) in [6, 6.07) is 31.1. The van der Waals surface area contributed by atoms with Crippen LogP contribution in [0.25, 0.3) is 0 Å². The third-order valence-corrected chi connectivity index (χ3v) is 5.09. The fraction of sp³-hybridized carbons (Fsp3) is 0.179. The molecule has 0 radical (unpaired) electrons. The van der Waals surface area contributed by atoms with Crippen LogP contribution in [0.3, 0.4) is 0 Å². The number of allylic oxidation sites excluding steroid dienone is 2. The molecule has 2 heteroatoms. The van der Waals surface area contributed by atoms with Gasteiger partial charge in [-0.2, -0.15) is 0 Å². The standard InChI is InChI=1S/C23H22O.C5H6O/c1-3-19(2)24-23(20-13-7-4-8-14-20,21-15-9-5-10-16-21)22-17-11-6-12-18-22;6-5-3-1-2-4-5/h3-19H,1H2,2H3;1-2H,3-4H2. The molecule has 1 aliphatic carbocycles. The lowest BCUT2D eigenvalue weighted by Gasteiger charge is -2.37. The van der Waals surface area contributed by atoms with E-state index in [9.17, 15) is 4.79 Å². The molecule has 0 aliphatic heterocycles. The van der Waals surface area contributed by atoms with E-state index in [0.717, 1.165) is 16.7 Å². The molecule has 1 atom stereocenters. The van der Waals surface area contributed by atoms with Crippen LogP contribution in [0.5, 0.6) is 0 Å². The van der Waals surface area contributed by atoms with Gasteiger partial charge in [0.1, 0.15) is 11.4 Å². The zero-order valence-corrected chi connectivity index (χ0v) is 17.4. The highest BCUT2D eigenvalue weighted by molar-refractivity contribution is 5.83. The SMILES string of the molecule is C=CC(C)OC(c1ccccc1)(c1ccccc1)c1ccccc1.O=C1CC=CC1. The van der Waals surface area contributed by atoms with Crippen LogP contribution in [0.2, 0.25) is 0 Å². The molecular formula is C28H28O2. The largest absolute Gasteiger partial charge is 0.354 e. The van der Waals surface area contributed by atoms with Gasteiger partial charge in [-0.1, -0.05) is 109 Å². The predicted octanol–water partition coefficient (Wildman–Crippen LogP) is 6.48. The first-order chi connectivity index (χ1) is 14.7. The Morgan fingerprint density at radius 2 is 1.13 bits per heavy atom. The van der Waals surface area contributed by atoms with E-state index in [1.807, 2.05) is 43.4 Å². The summed E-state index contributed by atoms with van der Waals surface area (Å²) in [5, 5.41) is 0. The zero-order chi connectivity index (χ0) is 21.2. The quantitative estimate of drug-likeness (QED) is 0.352. The van der Waals surface area contributed by atoms with Gasteiger partial charge in [-0.05, 0) is 23.6 Å². The van der Waals surface area contributed by atoms with Crippen molar-refractivity contribution in [1.82, 2.24) is 0 Å². The second kappa shape index (κ2) is 10.5. The molecule has 0 fully saturated rings. The van der Waals surface area contributed by atoms with E-state index < -0.39 is 5.60 Å². The first-order valence-electron chi connectivity index (χ1n) is 10.3. The Bertz CT molecular complexity index is 853. The summed E-state index contributed by atoms with van der Waals surface area (Å²) < 4.78 is 6.63. The van der Waals surface area contributed by atoms with Crippen LogP contribution < -0.4 is 0 Å². The van der Waals surface area contributed by atoms with Crippen molar-refractivity contribution in [3.63, 3.8) is 0 Å². The monoisotopic (exact) mass is 396 g/mol. The Morgan fingerprint density at radius 1 is 0.767 bits per heavy atom. The molecule has 0 spiro atoms. The average molecular weight is 397 g/mol. The molecule has 0 N–H and O–H groups in total. The highest BCUT2D eigenvalue weighted by Gasteiger charge is 2.38. The van der Waals surface area contributed by atoms with Gasteiger partial charge in [0.15, 0.2) is 0 Å². The Labute approximate surface area is 179 Å². The molecule has 0 saturated carbocycles. The summed E-state index contributed by atoms with van der Waals surface area (Å²) in [5.41, 5.74) is 2.65. The van der Waals surface area contributed by atoms with E-state index in [-0.39, 0.29) is 6.10 Å². The molecule has 0 bridgehead atoms.